The molecule has 0 aliphatic carbocycles. The number of nitrogens with one attached hydrogen (secondary N) is 4. The topological polar surface area (TPSA) is 91.3 Å². The first kappa shape index (κ1) is 26.8. The Bertz CT molecular complexity index is 1170. The Morgan fingerprint density at radius 2 is 0.778 bits per heavy atom. The predicted octanol–water partition coefficient (Wildman–Crippen LogP) is 4.95. The van der Waals surface area contributed by atoms with Crippen molar-refractivity contribution in [3.8, 4) is 0 Å². The molecule has 0 bridgehead atoms. The molecule has 0 fully saturated rings. The third kappa shape index (κ3) is 7.11. The van der Waals surface area contributed by atoms with E-state index in [1.807, 2.05) is 36.4 Å². The summed E-state index contributed by atoms with van der Waals surface area (Å²) in [6.45, 7) is 6.16. The molecule has 7 nitrogen and oxygen atoms in total. The smallest absolute Gasteiger partial charge is 0.395 e. The highest BCUT2D eigenvalue weighted by Gasteiger charge is 2.41. The number of nitro groups is 1. The van der Waals surface area contributed by atoms with E-state index in [1.165, 1.54) is 28.8 Å². The molecule has 0 aliphatic heterocycles. The molecule has 9 heteroatoms. The fourth-order valence-corrected chi connectivity index (χ4v) is 5.97. The van der Waals surface area contributed by atoms with Crippen LogP contribution < -0.4 is 32.8 Å². The quantitative estimate of drug-likeness (QED) is 0.141. The molecular weight excluding hydrogens is 493 g/mol. The monoisotopic (exact) mass is 521 g/mol. The molecule has 4 N–H and O–H groups in total. The van der Waals surface area contributed by atoms with E-state index in [2.05, 4.69) is 77.5 Å². The molecular formula is C27H29ClN5O2P. The summed E-state index contributed by atoms with van der Waals surface area (Å²) in [6.07, 6.45) is 0. The van der Waals surface area contributed by atoms with Crippen LogP contribution in [-0.2, 0) is 0 Å². The third-order valence-electron chi connectivity index (χ3n) is 5.42. The minimum atomic E-state index is -2.64. The Hall–Kier alpha value is -3.80. The van der Waals surface area contributed by atoms with Crippen LogP contribution in [0.25, 0.3) is 0 Å². The van der Waals surface area contributed by atoms with E-state index < -0.39 is 12.8 Å². The van der Waals surface area contributed by atoms with Crippen molar-refractivity contribution in [2.75, 3.05) is 20.3 Å². The molecule has 0 spiro atoms. The molecule has 0 amide bonds. The third-order valence-corrected chi connectivity index (χ3v) is 7.79. The number of nitrogens with zero attached hydrogens (tertiary/aromatic N) is 1. The maximum atomic E-state index is 11.2. The van der Waals surface area contributed by atoms with Crippen molar-refractivity contribution in [2.24, 2.45) is 0 Å². The number of hydrogen-bond donors (Lipinski definition) is 4. The van der Waals surface area contributed by atoms with Gasteiger partial charge in [0.25, 0.3) is 5.69 Å². The van der Waals surface area contributed by atoms with E-state index in [1.54, 1.807) is 12.1 Å². The maximum Gasteiger partial charge on any atom is 0.395 e. The summed E-state index contributed by atoms with van der Waals surface area (Å²) in [6, 6.07) is 31.0. The van der Waals surface area contributed by atoms with Gasteiger partial charge in [0.2, 0.25) is 0 Å². The highest BCUT2D eigenvalue weighted by atomic mass is 35.5. The van der Waals surface area contributed by atoms with Crippen LogP contribution in [0.15, 0.2) is 97.1 Å². The van der Waals surface area contributed by atoms with Gasteiger partial charge < -0.3 is 12.4 Å². The summed E-state index contributed by atoms with van der Waals surface area (Å²) in [5.74, 6) is 0. The van der Waals surface area contributed by atoms with Gasteiger partial charge in [0.1, 0.15) is 0 Å². The van der Waals surface area contributed by atoms with Crippen LogP contribution in [0.1, 0.15) is 16.7 Å². The number of hydrogen-bond acceptors (Lipinski definition) is 6. The van der Waals surface area contributed by atoms with E-state index in [9.17, 15) is 10.1 Å². The lowest BCUT2D eigenvalue weighted by molar-refractivity contribution is -0.384. The van der Waals surface area contributed by atoms with Crippen LogP contribution in [0.2, 0.25) is 0 Å². The highest BCUT2D eigenvalue weighted by molar-refractivity contribution is 7.81. The zero-order valence-corrected chi connectivity index (χ0v) is 22.0. The lowest BCUT2D eigenvalue weighted by Crippen LogP contribution is -3.00. The molecule has 0 unspecified atom stereocenters. The zero-order valence-electron chi connectivity index (χ0n) is 20.3. The van der Waals surface area contributed by atoms with E-state index in [4.69, 9.17) is 0 Å². The average Bonchev–Trinajstić information content (AvgIpc) is 2.84. The van der Waals surface area contributed by atoms with Crippen molar-refractivity contribution >= 4 is 36.3 Å². The van der Waals surface area contributed by atoms with Crippen LogP contribution in [0.3, 0.4) is 0 Å². The lowest BCUT2D eigenvalue weighted by Gasteiger charge is -2.30. The van der Waals surface area contributed by atoms with Gasteiger partial charge in [0.05, 0.1) is 27.7 Å². The minimum absolute atomic E-state index is 0. The molecule has 0 saturated heterocycles. The van der Waals surface area contributed by atoms with Crippen LogP contribution >= 0.6 is 7.87 Å². The van der Waals surface area contributed by atoms with E-state index in [0.29, 0.717) is 0 Å². The van der Waals surface area contributed by atoms with E-state index in [0.717, 1.165) is 22.7 Å². The fourth-order valence-electron chi connectivity index (χ4n) is 3.48. The van der Waals surface area contributed by atoms with Gasteiger partial charge in [0.15, 0.2) is 0 Å². The Morgan fingerprint density at radius 3 is 1.03 bits per heavy atom. The average molecular weight is 522 g/mol. The van der Waals surface area contributed by atoms with Gasteiger partial charge in [-0.3, -0.25) is 10.1 Å². The number of rotatable bonds is 9. The first-order valence-corrected chi connectivity index (χ1v) is 13.1. The van der Waals surface area contributed by atoms with Crippen LogP contribution in [0, 0.1) is 30.9 Å². The second kappa shape index (κ2) is 11.8. The Balaban J connectivity index is 0.00000361. The summed E-state index contributed by atoms with van der Waals surface area (Å²) in [7, 11) is -2.64. The SMILES string of the molecule is Cc1ccc(N[P+](Nc2ccc(C)cc2)(Nc2ccc(C)cc2)Nc2ccc([N+](=O)[O-])cc2)cc1.[Cl-]. The van der Waals surface area contributed by atoms with Gasteiger partial charge in [-0.2, -0.15) is 0 Å². The Morgan fingerprint density at radius 1 is 0.528 bits per heavy atom. The van der Waals surface area contributed by atoms with Crippen molar-refractivity contribution in [1.82, 2.24) is 0 Å². The molecule has 0 heterocycles. The van der Waals surface area contributed by atoms with Crippen molar-refractivity contribution in [3.05, 3.63) is 124 Å². The van der Waals surface area contributed by atoms with E-state index in [-0.39, 0.29) is 18.1 Å². The number of benzene rings is 4. The summed E-state index contributed by atoms with van der Waals surface area (Å²) in [4.78, 5) is 10.8. The summed E-state index contributed by atoms with van der Waals surface area (Å²) in [5, 5.41) is 25.8. The number of anilines is 4. The highest BCUT2D eigenvalue weighted by Crippen LogP contribution is 2.56. The summed E-state index contributed by atoms with van der Waals surface area (Å²) >= 11 is 0. The summed E-state index contributed by atoms with van der Waals surface area (Å²) < 4.78 is 0. The normalized spacial score (nSPS) is 10.6. The number of aryl methyl sites for hydroxylation is 3. The summed E-state index contributed by atoms with van der Waals surface area (Å²) in [5.41, 5.74) is 7.07. The first-order chi connectivity index (χ1) is 16.8. The molecule has 4 aromatic rings. The van der Waals surface area contributed by atoms with Crippen LogP contribution in [0.5, 0.6) is 0 Å². The molecule has 0 saturated carbocycles. The molecule has 0 radical (unpaired) electrons. The standard InChI is InChI=1S/C27H29N5O2P.ClH/c1-20-4-10-23(11-5-20)28-35(29-24-12-6-21(2)7-13-24,30-25-14-8-22(3)9-15-25)31-26-16-18-27(19-17-26)32(33)34;/h4-19,28-31H,1-3H3;1H/q+1;/p-1. The molecule has 4 aromatic carbocycles. The molecule has 186 valence electrons. The van der Waals surface area contributed by atoms with Crippen LogP contribution in [-0.4, -0.2) is 4.92 Å². The van der Waals surface area contributed by atoms with Crippen molar-refractivity contribution in [1.29, 1.82) is 0 Å². The van der Waals surface area contributed by atoms with Gasteiger partial charge in [0, 0.05) is 12.1 Å². The van der Waals surface area contributed by atoms with Crippen LogP contribution in [0.4, 0.5) is 28.4 Å². The zero-order chi connectivity index (χ0) is 24.8. The number of halogens is 1. The predicted molar refractivity (Wildman–Crippen MR) is 148 cm³/mol. The Labute approximate surface area is 218 Å². The van der Waals surface area contributed by atoms with Gasteiger partial charge >= 0.3 is 7.87 Å². The first-order valence-electron chi connectivity index (χ1n) is 11.3. The largest absolute Gasteiger partial charge is 1.00 e. The van der Waals surface area contributed by atoms with E-state index >= 15 is 0 Å². The van der Waals surface area contributed by atoms with Crippen molar-refractivity contribution < 1.29 is 17.3 Å². The maximum absolute atomic E-state index is 11.2. The number of nitro benzene ring substituents is 1. The fraction of sp³-hybridized carbons (Fsp3) is 0.111. The second-order valence-electron chi connectivity index (χ2n) is 8.52. The van der Waals surface area contributed by atoms with Gasteiger partial charge in [-0.25, -0.2) is 20.3 Å². The Kier molecular flexibility index (Phi) is 8.75. The van der Waals surface area contributed by atoms with Crippen molar-refractivity contribution in [2.45, 2.75) is 20.8 Å². The van der Waals surface area contributed by atoms with Gasteiger partial charge in [-0.15, -0.1) is 0 Å². The van der Waals surface area contributed by atoms with Gasteiger partial charge in [-0.05, 0) is 69.3 Å². The number of non-ortho nitro benzene ring substituents is 1. The van der Waals surface area contributed by atoms with Gasteiger partial charge in [-0.1, -0.05) is 53.1 Å². The molecule has 4 rings (SSSR count). The molecule has 0 atom stereocenters. The molecule has 0 aromatic heterocycles. The minimum Gasteiger partial charge on any atom is -1.00 e. The second-order valence-corrected chi connectivity index (χ2v) is 10.8. The molecule has 0 aliphatic rings. The molecule has 36 heavy (non-hydrogen) atoms. The lowest BCUT2D eigenvalue weighted by atomic mass is 10.2. The van der Waals surface area contributed by atoms with Crippen molar-refractivity contribution in [3.63, 3.8) is 0 Å².